The monoisotopic (exact) mass is 419 g/mol. The van der Waals surface area contributed by atoms with Gasteiger partial charge in [0.15, 0.2) is 11.5 Å². The number of likely N-dealkylation sites (tertiary alicyclic amines) is 1. The van der Waals surface area contributed by atoms with Crippen molar-refractivity contribution in [3.63, 3.8) is 0 Å². The standard InChI is InChI=1S/C22H26ClNO5/c1-27-18-11-10-14(23)13-16(18)20(24-12-5-4-8-17(24)22(25)26)15-7-6-9-19(28-2)21(15)29-3/h6-7,9-11,13,17,20H,4-5,8,12H2,1-3H3,(H,25,26). The highest BCUT2D eigenvalue weighted by molar-refractivity contribution is 6.30. The van der Waals surface area contributed by atoms with Crippen molar-refractivity contribution in [3.05, 3.63) is 52.5 Å². The summed E-state index contributed by atoms with van der Waals surface area (Å²) >= 11 is 6.33. The maximum absolute atomic E-state index is 12.1. The summed E-state index contributed by atoms with van der Waals surface area (Å²) in [6.07, 6.45) is 2.37. The highest BCUT2D eigenvalue weighted by Gasteiger charge is 2.38. The topological polar surface area (TPSA) is 68.2 Å². The van der Waals surface area contributed by atoms with Gasteiger partial charge in [-0.3, -0.25) is 9.69 Å². The molecule has 6 nitrogen and oxygen atoms in total. The average Bonchev–Trinajstić information content (AvgIpc) is 2.74. The molecule has 0 spiro atoms. The van der Waals surface area contributed by atoms with Crippen LogP contribution in [0.1, 0.15) is 36.4 Å². The molecule has 2 aromatic rings. The second kappa shape index (κ2) is 9.37. The van der Waals surface area contributed by atoms with Crippen molar-refractivity contribution in [2.24, 2.45) is 0 Å². The number of piperidine rings is 1. The van der Waals surface area contributed by atoms with Crippen LogP contribution in [0.15, 0.2) is 36.4 Å². The summed E-state index contributed by atoms with van der Waals surface area (Å²) in [5.41, 5.74) is 1.60. The molecule has 0 amide bonds. The normalized spacial score (nSPS) is 18.1. The van der Waals surface area contributed by atoms with Crippen molar-refractivity contribution in [1.82, 2.24) is 4.90 Å². The summed E-state index contributed by atoms with van der Waals surface area (Å²) in [7, 11) is 4.76. The van der Waals surface area contributed by atoms with E-state index in [9.17, 15) is 9.90 Å². The first-order valence-electron chi connectivity index (χ1n) is 9.54. The fraction of sp³-hybridized carbons (Fsp3) is 0.409. The van der Waals surface area contributed by atoms with E-state index >= 15 is 0 Å². The van der Waals surface area contributed by atoms with Crippen LogP contribution in [0.3, 0.4) is 0 Å². The maximum Gasteiger partial charge on any atom is 0.320 e. The van der Waals surface area contributed by atoms with Crippen LogP contribution in [0.5, 0.6) is 17.2 Å². The minimum absolute atomic E-state index is 0.421. The fourth-order valence-corrected chi connectivity index (χ4v) is 4.28. The largest absolute Gasteiger partial charge is 0.496 e. The predicted octanol–water partition coefficient (Wildman–Crippen LogP) is 4.39. The molecule has 0 radical (unpaired) electrons. The van der Waals surface area contributed by atoms with Crippen molar-refractivity contribution in [2.45, 2.75) is 31.3 Å². The van der Waals surface area contributed by atoms with Gasteiger partial charge in [-0.05, 0) is 43.7 Å². The zero-order valence-corrected chi connectivity index (χ0v) is 17.6. The second-order valence-electron chi connectivity index (χ2n) is 6.96. The lowest BCUT2D eigenvalue weighted by molar-refractivity contribution is -0.145. The van der Waals surface area contributed by atoms with E-state index in [4.69, 9.17) is 25.8 Å². The Labute approximate surface area is 175 Å². The Morgan fingerprint density at radius 3 is 2.48 bits per heavy atom. The molecule has 2 unspecified atom stereocenters. The van der Waals surface area contributed by atoms with E-state index in [1.165, 1.54) is 0 Å². The van der Waals surface area contributed by atoms with Gasteiger partial charge >= 0.3 is 5.97 Å². The van der Waals surface area contributed by atoms with Gasteiger partial charge in [-0.1, -0.05) is 30.2 Å². The molecular formula is C22H26ClNO5. The van der Waals surface area contributed by atoms with Crippen molar-refractivity contribution < 1.29 is 24.1 Å². The van der Waals surface area contributed by atoms with E-state index in [1.54, 1.807) is 33.5 Å². The number of aliphatic carboxylic acids is 1. The van der Waals surface area contributed by atoms with Crippen molar-refractivity contribution in [3.8, 4) is 17.2 Å². The van der Waals surface area contributed by atoms with Gasteiger partial charge in [-0.15, -0.1) is 0 Å². The molecular weight excluding hydrogens is 394 g/mol. The minimum atomic E-state index is -0.836. The Balaban J connectivity index is 2.26. The first kappa shape index (κ1) is 21.3. The second-order valence-corrected chi connectivity index (χ2v) is 7.40. The predicted molar refractivity (Wildman–Crippen MR) is 111 cm³/mol. The van der Waals surface area contributed by atoms with E-state index in [1.807, 2.05) is 29.2 Å². The maximum atomic E-state index is 12.1. The van der Waals surface area contributed by atoms with Crippen LogP contribution < -0.4 is 14.2 Å². The fourth-order valence-electron chi connectivity index (χ4n) is 4.10. The van der Waals surface area contributed by atoms with Crippen molar-refractivity contribution in [1.29, 1.82) is 0 Å². The zero-order valence-electron chi connectivity index (χ0n) is 16.9. The van der Waals surface area contributed by atoms with Gasteiger partial charge in [0.05, 0.1) is 27.4 Å². The Kier molecular flexibility index (Phi) is 6.87. The van der Waals surface area contributed by atoms with Crippen LogP contribution >= 0.6 is 11.6 Å². The lowest BCUT2D eigenvalue weighted by Gasteiger charge is -2.40. The van der Waals surface area contributed by atoms with Crippen LogP contribution in [-0.2, 0) is 4.79 Å². The van der Waals surface area contributed by atoms with Crippen LogP contribution in [0.2, 0.25) is 5.02 Å². The molecule has 0 saturated carbocycles. The minimum Gasteiger partial charge on any atom is -0.496 e. The quantitative estimate of drug-likeness (QED) is 0.717. The van der Waals surface area contributed by atoms with E-state index in [2.05, 4.69) is 0 Å². The van der Waals surface area contributed by atoms with Gasteiger partial charge in [-0.25, -0.2) is 0 Å². The molecule has 0 aromatic heterocycles. The summed E-state index contributed by atoms with van der Waals surface area (Å²) in [4.78, 5) is 14.1. The number of para-hydroxylation sites is 1. The molecule has 2 atom stereocenters. The number of nitrogens with zero attached hydrogens (tertiary/aromatic N) is 1. The summed E-state index contributed by atoms with van der Waals surface area (Å²) in [6.45, 7) is 0.637. The lowest BCUT2D eigenvalue weighted by Crippen LogP contribution is -2.47. The van der Waals surface area contributed by atoms with Gasteiger partial charge in [0.1, 0.15) is 11.8 Å². The van der Waals surface area contributed by atoms with Gasteiger partial charge in [0, 0.05) is 16.1 Å². The molecule has 0 aliphatic carbocycles. The third kappa shape index (κ3) is 4.28. The highest BCUT2D eigenvalue weighted by Crippen LogP contribution is 2.45. The Hall–Kier alpha value is -2.44. The van der Waals surface area contributed by atoms with E-state index < -0.39 is 18.1 Å². The molecule has 1 fully saturated rings. The summed E-state index contributed by atoms with van der Waals surface area (Å²) in [6, 6.07) is 9.98. The third-order valence-corrected chi connectivity index (χ3v) is 5.61. The summed E-state index contributed by atoms with van der Waals surface area (Å²) < 4.78 is 16.8. The smallest absolute Gasteiger partial charge is 0.320 e. The van der Waals surface area contributed by atoms with E-state index in [0.717, 1.165) is 24.0 Å². The number of rotatable bonds is 7. The van der Waals surface area contributed by atoms with Crippen molar-refractivity contribution >= 4 is 17.6 Å². The highest BCUT2D eigenvalue weighted by atomic mass is 35.5. The number of benzene rings is 2. The number of ether oxygens (including phenoxy) is 3. The van der Waals surface area contributed by atoms with Crippen LogP contribution in [0.25, 0.3) is 0 Å². The van der Waals surface area contributed by atoms with Gasteiger partial charge in [-0.2, -0.15) is 0 Å². The molecule has 1 N–H and O–H groups in total. The van der Waals surface area contributed by atoms with Crippen LogP contribution in [0, 0.1) is 0 Å². The first-order chi connectivity index (χ1) is 14.0. The van der Waals surface area contributed by atoms with Gasteiger partial charge in [0.25, 0.3) is 0 Å². The average molecular weight is 420 g/mol. The van der Waals surface area contributed by atoms with E-state index in [-0.39, 0.29) is 0 Å². The Morgan fingerprint density at radius 2 is 1.83 bits per heavy atom. The van der Waals surface area contributed by atoms with Crippen molar-refractivity contribution in [2.75, 3.05) is 27.9 Å². The number of halogens is 1. The van der Waals surface area contributed by atoms with Gasteiger partial charge < -0.3 is 19.3 Å². The number of hydrogen-bond donors (Lipinski definition) is 1. The molecule has 29 heavy (non-hydrogen) atoms. The lowest BCUT2D eigenvalue weighted by atomic mass is 9.90. The number of carboxylic acids is 1. The molecule has 156 valence electrons. The molecule has 2 aromatic carbocycles. The number of methoxy groups -OCH3 is 3. The molecule has 7 heteroatoms. The molecule has 0 bridgehead atoms. The van der Waals surface area contributed by atoms with E-state index in [0.29, 0.717) is 35.2 Å². The first-order valence-corrected chi connectivity index (χ1v) is 9.92. The Morgan fingerprint density at radius 1 is 1.07 bits per heavy atom. The number of carbonyl (C=O) groups is 1. The number of carboxylic acid groups (broad SMARTS) is 1. The SMILES string of the molecule is COc1ccc(Cl)cc1C(c1cccc(OC)c1OC)N1CCCCC1C(=O)O. The van der Waals surface area contributed by atoms with Gasteiger partial charge in [0.2, 0.25) is 0 Å². The Bertz CT molecular complexity index is 872. The molecule has 1 heterocycles. The number of hydrogen-bond acceptors (Lipinski definition) is 5. The zero-order chi connectivity index (χ0) is 21.0. The molecule has 3 rings (SSSR count). The molecule has 1 aliphatic heterocycles. The van der Waals surface area contributed by atoms with Crippen LogP contribution in [0.4, 0.5) is 0 Å². The molecule has 1 aliphatic rings. The third-order valence-electron chi connectivity index (χ3n) is 5.38. The summed E-state index contributed by atoms with van der Waals surface area (Å²) in [5, 5.41) is 10.5. The summed E-state index contributed by atoms with van der Waals surface area (Å²) in [5.74, 6) is 0.952. The van der Waals surface area contributed by atoms with Crippen LogP contribution in [-0.4, -0.2) is 49.9 Å². The molecule has 1 saturated heterocycles.